The van der Waals surface area contributed by atoms with E-state index in [1.165, 1.54) is 0 Å². The van der Waals surface area contributed by atoms with Crippen LogP contribution in [-0.2, 0) is 6.54 Å². The lowest BCUT2D eigenvalue weighted by atomic mass is 10.0. The number of amides is 1. The van der Waals surface area contributed by atoms with E-state index in [1.54, 1.807) is 17.2 Å². The molecule has 0 radical (unpaired) electrons. The van der Waals surface area contributed by atoms with Crippen LogP contribution in [0.4, 0.5) is 0 Å². The number of aromatic nitrogens is 3. The SMILES string of the molecule is Cc1cc(-c2cc(C(=O)N(Cc3ccccn3)C(C)C)c3c(C)noc3n2)c(C)o1. The van der Waals surface area contributed by atoms with Crippen LogP contribution in [0, 0.1) is 20.8 Å². The molecule has 0 spiro atoms. The van der Waals surface area contributed by atoms with Gasteiger partial charge >= 0.3 is 0 Å². The van der Waals surface area contributed by atoms with Crippen molar-refractivity contribution in [1.29, 1.82) is 0 Å². The van der Waals surface area contributed by atoms with Crippen molar-refractivity contribution in [1.82, 2.24) is 20.0 Å². The lowest BCUT2D eigenvalue weighted by Crippen LogP contribution is -2.36. The van der Waals surface area contributed by atoms with Gasteiger partial charge in [-0.15, -0.1) is 0 Å². The summed E-state index contributed by atoms with van der Waals surface area (Å²) in [4.78, 5) is 24.5. The number of rotatable bonds is 5. The third-order valence-corrected chi connectivity index (χ3v) is 5.11. The van der Waals surface area contributed by atoms with Crippen LogP contribution in [-0.4, -0.2) is 32.0 Å². The second-order valence-corrected chi connectivity index (χ2v) is 7.68. The first-order valence-electron chi connectivity index (χ1n) is 9.90. The number of pyridine rings is 2. The number of hydrogen-bond acceptors (Lipinski definition) is 6. The predicted molar refractivity (Wildman–Crippen MR) is 113 cm³/mol. The molecule has 0 saturated carbocycles. The van der Waals surface area contributed by atoms with E-state index in [2.05, 4.69) is 15.1 Å². The zero-order chi connectivity index (χ0) is 21.4. The van der Waals surface area contributed by atoms with Crippen molar-refractivity contribution in [2.75, 3.05) is 0 Å². The molecule has 0 aliphatic carbocycles. The van der Waals surface area contributed by atoms with Gasteiger partial charge in [0.05, 0.1) is 34.6 Å². The third-order valence-electron chi connectivity index (χ3n) is 5.11. The van der Waals surface area contributed by atoms with Crippen LogP contribution in [0.15, 0.2) is 45.5 Å². The molecule has 7 nitrogen and oxygen atoms in total. The Hall–Kier alpha value is -3.48. The Morgan fingerprint density at radius 1 is 1.17 bits per heavy atom. The van der Waals surface area contributed by atoms with E-state index in [-0.39, 0.29) is 11.9 Å². The van der Waals surface area contributed by atoms with E-state index >= 15 is 0 Å². The molecule has 0 bridgehead atoms. The molecule has 1 amide bonds. The van der Waals surface area contributed by atoms with Gasteiger partial charge < -0.3 is 13.8 Å². The fourth-order valence-corrected chi connectivity index (χ4v) is 3.60. The van der Waals surface area contributed by atoms with Crippen LogP contribution < -0.4 is 0 Å². The maximum Gasteiger partial charge on any atom is 0.259 e. The molecular weight excluding hydrogens is 380 g/mol. The molecule has 0 aromatic carbocycles. The number of nitrogens with zero attached hydrogens (tertiary/aromatic N) is 4. The van der Waals surface area contributed by atoms with Gasteiger partial charge in [-0.05, 0) is 58.9 Å². The van der Waals surface area contributed by atoms with Gasteiger partial charge in [0.15, 0.2) is 0 Å². The van der Waals surface area contributed by atoms with Gasteiger partial charge in [0.2, 0.25) is 0 Å². The lowest BCUT2D eigenvalue weighted by molar-refractivity contribution is 0.0689. The molecule has 154 valence electrons. The van der Waals surface area contributed by atoms with Gasteiger partial charge in [0.1, 0.15) is 11.5 Å². The van der Waals surface area contributed by atoms with Crippen LogP contribution in [0.3, 0.4) is 0 Å². The van der Waals surface area contributed by atoms with Crippen molar-refractivity contribution in [2.24, 2.45) is 0 Å². The van der Waals surface area contributed by atoms with Crippen molar-refractivity contribution in [3.8, 4) is 11.3 Å². The summed E-state index contributed by atoms with van der Waals surface area (Å²) >= 11 is 0. The highest BCUT2D eigenvalue weighted by atomic mass is 16.5. The zero-order valence-electron chi connectivity index (χ0n) is 17.8. The van der Waals surface area contributed by atoms with Crippen molar-refractivity contribution in [2.45, 2.75) is 47.2 Å². The van der Waals surface area contributed by atoms with Crippen molar-refractivity contribution >= 4 is 17.0 Å². The molecule has 0 fully saturated rings. The summed E-state index contributed by atoms with van der Waals surface area (Å²) in [6, 6.07) is 9.39. The van der Waals surface area contributed by atoms with Crippen molar-refractivity contribution in [3.63, 3.8) is 0 Å². The van der Waals surface area contributed by atoms with Crippen LogP contribution in [0.25, 0.3) is 22.4 Å². The van der Waals surface area contributed by atoms with E-state index in [0.717, 1.165) is 22.8 Å². The van der Waals surface area contributed by atoms with Crippen LogP contribution >= 0.6 is 0 Å². The quantitative estimate of drug-likeness (QED) is 0.472. The molecule has 0 N–H and O–H groups in total. The summed E-state index contributed by atoms with van der Waals surface area (Å²) in [7, 11) is 0. The van der Waals surface area contributed by atoms with Gasteiger partial charge in [-0.2, -0.15) is 0 Å². The standard InChI is InChI=1S/C23H24N4O3/c1-13(2)27(12-17-8-6-7-9-24-17)23(28)19-11-20(18-10-14(3)29-16(18)5)25-22-21(19)15(4)26-30-22/h6-11,13H,12H2,1-5H3. The number of carbonyl (C=O) groups excluding carboxylic acids is 1. The van der Waals surface area contributed by atoms with Gasteiger partial charge in [-0.1, -0.05) is 11.2 Å². The smallest absolute Gasteiger partial charge is 0.259 e. The first kappa shape index (κ1) is 19.8. The van der Waals surface area contributed by atoms with Gasteiger partial charge in [0.25, 0.3) is 11.6 Å². The fraction of sp³-hybridized carbons (Fsp3) is 0.304. The maximum absolute atomic E-state index is 13.7. The monoisotopic (exact) mass is 404 g/mol. The Bertz CT molecular complexity index is 1210. The number of fused-ring (bicyclic) bond motifs is 1. The average molecular weight is 404 g/mol. The zero-order valence-corrected chi connectivity index (χ0v) is 17.8. The Kier molecular flexibility index (Phi) is 5.11. The molecular formula is C23H24N4O3. The highest BCUT2D eigenvalue weighted by Gasteiger charge is 2.26. The molecule has 0 saturated heterocycles. The molecule has 0 unspecified atom stereocenters. The predicted octanol–water partition coefficient (Wildman–Crippen LogP) is 4.85. The summed E-state index contributed by atoms with van der Waals surface area (Å²) in [5.74, 6) is 1.40. The highest BCUT2D eigenvalue weighted by Crippen LogP contribution is 2.31. The van der Waals surface area contributed by atoms with Crippen LogP contribution in [0.1, 0.15) is 47.1 Å². The number of aryl methyl sites for hydroxylation is 3. The minimum absolute atomic E-state index is 0.0238. The first-order chi connectivity index (χ1) is 14.3. The topological polar surface area (TPSA) is 85.3 Å². The largest absolute Gasteiger partial charge is 0.466 e. The second-order valence-electron chi connectivity index (χ2n) is 7.68. The van der Waals surface area contributed by atoms with Crippen LogP contribution in [0.2, 0.25) is 0 Å². The molecule has 0 aliphatic heterocycles. The Morgan fingerprint density at radius 3 is 2.60 bits per heavy atom. The van der Waals surface area contributed by atoms with E-state index in [0.29, 0.717) is 34.6 Å². The van der Waals surface area contributed by atoms with Gasteiger partial charge in [-0.3, -0.25) is 9.78 Å². The Labute approximate surface area is 174 Å². The van der Waals surface area contributed by atoms with Crippen LogP contribution in [0.5, 0.6) is 0 Å². The molecule has 4 aromatic heterocycles. The van der Waals surface area contributed by atoms with E-state index in [4.69, 9.17) is 8.94 Å². The first-order valence-corrected chi connectivity index (χ1v) is 9.90. The minimum atomic E-state index is -0.117. The molecule has 4 aromatic rings. The third kappa shape index (κ3) is 3.58. The molecule has 4 rings (SSSR count). The normalized spacial score (nSPS) is 11.4. The highest BCUT2D eigenvalue weighted by molar-refractivity contribution is 6.07. The molecule has 4 heterocycles. The lowest BCUT2D eigenvalue weighted by Gasteiger charge is -2.27. The van der Waals surface area contributed by atoms with E-state index in [1.807, 2.05) is 58.9 Å². The maximum atomic E-state index is 13.7. The van der Waals surface area contributed by atoms with Gasteiger partial charge in [-0.25, -0.2) is 4.98 Å². The fourth-order valence-electron chi connectivity index (χ4n) is 3.60. The Morgan fingerprint density at radius 2 is 1.97 bits per heavy atom. The number of hydrogen-bond donors (Lipinski definition) is 0. The summed E-state index contributed by atoms with van der Waals surface area (Å²) in [5.41, 5.74) is 3.77. The second kappa shape index (κ2) is 7.74. The van der Waals surface area contributed by atoms with E-state index < -0.39 is 0 Å². The van der Waals surface area contributed by atoms with Crippen molar-refractivity contribution < 1.29 is 13.7 Å². The summed E-state index contributed by atoms with van der Waals surface area (Å²) in [6.07, 6.45) is 1.73. The summed E-state index contributed by atoms with van der Waals surface area (Å²) in [5, 5.41) is 4.68. The van der Waals surface area contributed by atoms with E-state index in [9.17, 15) is 4.79 Å². The molecule has 7 heteroatoms. The molecule has 0 atom stereocenters. The average Bonchev–Trinajstić information content (AvgIpc) is 3.27. The molecule has 30 heavy (non-hydrogen) atoms. The summed E-state index contributed by atoms with van der Waals surface area (Å²) in [6.45, 7) is 9.96. The summed E-state index contributed by atoms with van der Waals surface area (Å²) < 4.78 is 11.1. The minimum Gasteiger partial charge on any atom is -0.466 e. The molecule has 0 aliphatic rings. The number of furan rings is 1. The Balaban J connectivity index is 1.84. The number of carbonyl (C=O) groups is 1. The van der Waals surface area contributed by atoms with Gasteiger partial charge in [0, 0.05) is 17.8 Å². The van der Waals surface area contributed by atoms with Crippen molar-refractivity contribution in [3.05, 3.63) is 65.0 Å².